The van der Waals surface area contributed by atoms with Crippen LogP contribution in [0.1, 0.15) is 36.5 Å². The van der Waals surface area contributed by atoms with Crippen LogP contribution < -0.4 is 5.32 Å². The number of rotatable bonds is 5. The zero-order valence-electron chi connectivity index (χ0n) is 11.4. The Morgan fingerprint density at radius 3 is 2.58 bits per heavy atom. The van der Waals surface area contributed by atoms with E-state index in [-0.39, 0.29) is 6.04 Å². The molecule has 5 nitrogen and oxygen atoms in total. The summed E-state index contributed by atoms with van der Waals surface area (Å²) < 4.78 is 2.97. The van der Waals surface area contributed by atoms with Crippen LogP contribution in [-0.4, -0.2) is 26.8 Å². The summed E-state index contributed by atoms with van der Waals surface area (Å²) in [6.45, 7) is 5.00. The molecule has 1 unspecified atom stereocenters. The lowest BCUT2D eigenvalue weighted by Gasteiger charge is -2.17. The zero-order chi connectivity index (χ0) is 13.8. The molecule has 0 aliphatic carbocycles. The van der Waals surface area contributed by atoms with Gasteiger partial charge in [0.25, 0.3) is 0 Å². The van der Waals surface area contributed by atoms with Gasteiger partial charge in [0.05, 0.1) is 16.4 Å². The predicted octanol–water partition coefficient (Wildman–Crippen LogP) is 2.46. The van der Waals surface area contributed by atoms with Crippen molar-refractivity contribution < 1.29 is 0 Å². The van der Waals surface area contributed by atoms with Gasteiger partial charge in [-0.15, -0.1) is 0 Å². The summed E-state index contributed by atoms with van der Waals surface area (Å²) in [5, 5.41) is 7.66. The van der Waals surface area contributed by atoms with E-state index >= 15 is 0 Å². The van der Waals surface area contributed by atoms with Crippen LogP contribution in [-0.2, 0) is 6.54 Å². The van der Waals surface area contributed by atoms with Crippen LogP contribution in [0.4, 0.5) is 0 Å². The number of hydrogen-bond acceptors (Lipinski definition) is 4. The molecule has 0 saturated heterocycles. The molecule has 0 fully saturated rings. The Morgan fingerprint density at radius 1 is 1.32 bits per heavy atom. The molecule has 0 bridgehead atoms. The second-order valence-electron chi connectivity index (χ2n) is 4.44. The molecule has 0 aromatic carbocycles. The monoisotopic (exact) mass is 323 g/mol. The van der Waals surface area contributed by atoms with Gasteiger partial charge in [0.1, 0.15) is 6.04 Å². The van der Waals surface area contributed by atoms with Gasteiger partial charge in [-0.2, -0.15) is 5.10 Å². The van der Waals surface area contributed by atoms with Crippen molar-refractivity contribution in [2.24, 2.45) is 0 Å². The summed E-state index contributed by atoms with van der Waals surface area (Å²) >= 11 is 3.56. The van der Waals surface area contributed by atoms with Gasteiger partial charge < -0.3 is 5.32 Å². The Morgan fingerprint density at radius 2 is 2.00 bits per heavy atom. The van der Waals surface area contributed by atoms with Crippen molar-refractivity contribution in [3.05, 3.63) is 40.1 Å². The smallest absolute Gasteiger partial charge is 0.151 e. The number of aryl methyl sites for hydroxylation is 2. The van der Waals surface area contributed by atoms with Gasteiger partial charge in [0, 0.05) is 18.9 Å². The van der Waals surface area contributed by atoms with E-state index in [1.165, 1.54) is 0 Å². The lowest BCUT2D eigenvalue weighted by molar-refractivity contribution is 0.521. The highest BCUT2D eigenvalue weighted by molar-refractivity contribution is 9.10. The summed E-state index contributed by atoms with van der Waals surface area (Å²) in [7, 11) is 1.91. The Labute approximate surface area is 121 Å². The van der Waals surface area contributed by atoms with E-state index in [2.05, 4.69) is 43.2 Å². The van der Waals surface area contributed by atoms with Crippen LogP contribution in [0.3, 0.4) is 0 Å². The fraction of sp³-hybridized carbons (Fsp3) is 0.462. The van der Waals surface area contributed by atoms with Gasteiger partial charge in [0.15, 0.2) is 5.82 Å². The Balaban J connectivity index is 2.41. The number of aromatic nitrogens is 4. The van der Waals surface area contributed by atoms with Gasteiger partial charge in [-0.1, -0.05) is 6.92 Å². The molecule has 1 N–H and O–H groups in total. The summed E-state index contributed by atoms with van der Waals surface area (Å²) in [6.07, 6.45) is 6.53. The van der Waals surface area contributed by atoms with Crippen LogP contribution in [0.25, 0.3) is 0 Å². The fourth-order valence-corrected chi connectivity index (χ4v) is 2.51. The van der Waals surface area contributed by atoms with Crippen molar-refractivity contribution in [2.45, 2.75) is 32.9 Å². The lowest BCUT2D eigenvalue weighted by atomic mass is 10.2. The van der Waals surface area contributed by atoms with Crippen LogP contribution in [0.2, 0.25) is 0 Å². The first-order valence-electron chi connectivity index (χ1n) is 6.34. The third kappa shape index (κ3) is 3.01. The molecule has 19 heavy (non-hydrogen) atoms. The molecule has 0 radical (unpaired) electrons. The Kier molecular flexibility index (Phi) is 4.66. The first-order valence-corrected chi connectivity index (χ1v) is 7.13. The van der Waals surface area contributed by atoms with Crippen molar-refractivity contribution in [3.8, 4) is 0 Å². The van der Waals surface area contributed by atoms with Crippen LogP contribution in [0, 0.1) is 6.92 Å². The van der Waals surface area contributed by atoms with Crippen molar-refractivity contribution in [1.82, 2.24) is 25.1 Å². The largest absolute Gasteiger partial charge is 0.305 e. The standard InChI is InChI=1S/C13H18BrN5/c1-4-5-19-12(10(14)8-18-19)11(15-3)13-16-6-9(2)7-17-13/h6-8,11,15H,4-5H2,1-3H3. The minimum absolute atomic E-state index is 0.0657. The number of hydrogen-bond donors (Lipinski definition) is 1. The zero-order valence-corrected chi connectivity index (χ0v) is 13.0. The number of halogens is 1. The van der Waals surface area contributed by atoms with E-state index in [1.807, 2.05) is 37.2 Å². The highest BCUT2D eigenvalue weighted by Gasteiger charge is 2.22. The molecule has 6 heteroatoms. The predicted molar refractivity (Wildman–Crippen MR) is 77.9 cm³/mol. The first kappa shape index (κ1) is 14.1. The molecule has 0 saturated carbocycles. The maximum atomic E-state index is 4.41. The molecule has 102 valence electrons. The Hall–Kier alpha value is -1.27. The molecule has 0 aliphatic heterocycles. The normalized spacial score (nSPS) is 12.6. The third-order valence-electron chi connectivity index (χ3n) is 2.89. The highest BCUT2D eigenvalue weighted by atomic mass is 79.9. The van der Waals surface area contributed by atoms with Gasteiger partial charge >= 0.3 is 0 Å². The van der Waals surface area contributed by atoms with Crippen LogP contribution in [0.15, 0.2) is 23.1 Å². The Bertz CT molecular complexity index is 534. The third-order valence-corrected chi connectivity index (χ3v) is 3.50. The lowest BCUT2D eigenvalue weighted by Crippen LogP contribution is -2.24. The summed E-state index contributed by atoms with van der Waals surface area (Å²) in [5.41, 5.74) is 2.12. The summed E-state index contributed by atoms with van der Waals surface area (Å²) in [4.78, 5) is 8.82. The van der Waals surface area contributed by atoms with Gasteiger partial charge in [-0.25, -0.2) is 9.97 Å². The summed E-state index contributed by atoms with van der Waals surface area (Å²) in [5.74, 6) is 0.756. The van der Waals surface area contributed by atoms with Crippen molar-refractivity contribution in [2.75, 3.05) is 7.05 Å². The molecule has 2 heterocycles. The molecule has 0 amide bonds. The topological polar surface area (TPSA) is 55.6 Å². The first-order chi connectivity index (χ1) is 9.17. The minimum atomic E-state index is -0.0657. The summed E-state index contributed by atoms with van der Waals surface area (Å²) in [6, 6.07) is -0.0657. The van der Waals surface area contributed by atoms with Gasteiger partial charge in [-0.3, -0.25) is 4.68 Å². The number of nitrogens with one attached hydrogen (secondary N) is 1. The maximum absolute atomic E-state index is 4.41. The van der Waals surface area contributed by atoms with Crippen molar-refractivity contribution in [1.29, 1.82) is 0 Å². The quantitative estimate of drug-likeness (QED) is 0.918. The van der Waals surface area contributed by atoms with Crippen LogP contribution >= 0.6 is 15.9 Å². The maximum Gasteiger partial charge on any atom is 0.151 e. The van der Waals surface area contributed by atoms with E-state index in [1.54, 1.807) is 0 Å². The van der Waals surface area contributed by atoms with Crippen molar-refractivity contribution >= 4 is 15.9 Å². The van der Waals surface area contributed by atoms with E-state index in [4.69, 9.17) is 0 Å². The highest BCUT2D eigenvalue weighted by Crippen LogP contribution is 2.26. The number of nitrogens with zero attached hydrogens (tertiary/aromatic N) is 4. The van der Waals surface area contributed by atoms with Crippen LogP contribution in [0.5, 0.6) is 0 Å². The fourth-order valence-electron chi connectivity index (χ4n) is 1.99. The molecule has 2 aromatic rings. The average molecular weight is 324 g/mol. The minimum Gasteiger partial charge on any atom is -0.305 e. The average Bonchev–Trinajstić information content (AvgIpc) is 2.76. The molecule has 1 atom stereocenters. The molecular formula is C13H18BrN5. The van der Waals surface area contributed by atoms with Crippen molar-refractivity contribution in [3.63, 3.8) is 0 Å². The molecule has 0 spiro atoms. The molecular weight excluding hydrogens is 306 g/mol. The second kappa shape index (κ2) is 6.25. The van der Waals surface area contributed by atoms with Gasteiger partial charge in [0.2, 0.25) is 0 Å². The van der Waals surface area contributed by atoms with E-state index in [0.29, 0.717) is 0 Å². The van der Waals surface area contributed by atoms with E-state index in [0.717, 1.165) is 34.5 Å². The molecule has 0 aliphatic rings. The van der Waals surface area contributed by atoms with E-state index < -0.39 is 0 Å². The van der Waals surface area contributed by atoms with Gasteiger partial charge in [-0.05, 0) is 41.9 Å². The SMILES string of the molecule is CCCn1ncc(Br)c1C(NC)c1ncc(C)cn1. The molecule has 2 aromatic heterocycles. The second-order valence-corrected chi connectivity index (χ2v) is 5.30. The van der Waals surface area contributed by atoms with E-state index in [9.17, 15) is 0 Å². The molecule has 2 rings (SSSR count).